The minimum Gasteiger partial charge on any atom is -0.0591 e. The van der Waals surface area contributed by atoms with Crippen LogP contribution in [-0.4, -0.2) is 0 Å². The van der Waals surface area contributed by atoms with Crippen LogP contribution in [0.3, 0.4) is 0 Å². The summed E-state index contributed by atoms with van der Waals surface area (Å²) in [4.78, 5) is 0. The summed E-state index contributed by atoms with van der Waals surface area (Å²) in [5.41, 5.74) is 1.17. The maximum Gasteiger partial charge on any atom is -0.0154 e. The van der Waals surface area contributed by atoms with E-state index < -0.39 is 0 Å². The second-order valence-corrected chi connectivity index (χ2v) is 6.51. The first-order chi connectivity index (χ1) is 7.07. The summed E-state index contributed by atoms with van der Waals surface area (Å²) in [5, 5.41) is 0. The molecule has 0 atom stereocenters. The van der Waals surface area contributed by atoms with Gasteiger partial charge in [0.15, 0.2) is 0 Å². The van der Waals surface area contributed by atoms with Gasteiger partial charge in [0, 0.05) is 0 Å². The molecule has 15 heavy (non-hydrogen) atoms. The largest absolute Gasteiger partial charge is 0.0591 e. The van der Waals surface area contributed by atoms with Crippen molar-refractivity contribution in [3.8, 4) is 0 Å². The Morgan fingerprint density at radius 2 is 1.00 bits per heavy atom. The monoisotopic (exact) mass is 207 g/mol. The zero-order valence-electron chi connectivity index (χ0n) is 10.9. The van der Waals surface area contributed by atoms with Gasteiger partial charge in [-0.3, -0.25) is 0 Å². The van der Waals surface area contributed by atoms with Crippen LogP contribution in [0.25, 0.3) is 0 Å². The molecule has 0 bridgehead atoms. The SMILES string of the molecule is C[C](C1(C)CCCCC1)C1(C)CCCC1. The normalized spacial score (nSPS) is 29.6. The molecule has 0 aliphatic heterocycles. The van der Waals surface area contributed by atoms with Gasteiger partial charge in [-0.25, -0.2) is 0 Å². The van der Waals surface area contributed by atoms with Gasteiger partial charge in [-0.05, 0) is 42.4 Å². The standard InChI is InChI=1S/C15H27/c1-13(15(3)11-7-8-12-15)14(2)9-5-4-6-10-14/h4-12H2,1-3H3. The average Bonchev–Trinajstić information content (AvgIpc) is 2.66. The maximum absolute atomic E-state index is 2.53. The van der Waals surface area contributed by atoms with Crippen molar-refractivity contribution in [1.82, 2.24) is 0 Å². The van der Waals surface area contributed by atoms with Gasteiger partial charge in [-0.15, -0.1) is 0 Å². The van der Waals surface area contributed by atoms with Gasteiger partial charge in [-0.1, -0.05) is 52.9 Å². The molecular formula is C15H27. The summed E-state index contributed by atoms with van der Waals surface area (Å²) in [6, 6.07) is 0. The van der Waals surface area contributed by atoms with E-state index in [1.807, 2.05) is 5.92 Å². The molecule has 0 aromatic heterocycles. The first kappa shape index (κ1) is 11.5. The van der Waals surface area contributed by atoms with E-state index in [4.69, 9.17) is 0 Å². The van der Waals surface area contributed by atoms with Gasteiger partial charge in [-0.2, -0.15) is 0 Å². The molecular weight excluding hydrogens is 180 g/mol. The summed E-state index contributed by atoms with van der Waals surface area (Å²) < 4.78 is 0. The fourth-order valence-electron chi connectivity index (χ4n) is 3.97. The van der Waals surface area contributed by atoms with Crippen molar-refractivity contribution in [2.24, 2.45) is 10.8 Å². The Hall–Kier alpha value is 0. The van der Waals surface area contributed by atoms with E-state index in [-0.39, 0.29) is 0 Å². The summed E-state index contributed by atoms with van der Waals surface area (Å²) >= 11 is 0. The van der Waals surface area contributed by atoms with Crippen LogP contribution < -0.4 is 0 Å². The van der Waals surface area contributed by atoms with Gasteiger partial charge < -0.3 is 0 Å². The molecule has 0 nitrogen and oxygen atoms in total. The second kappa shape index (κ2) is 4.11. The highest BCUT2D eigenvalue weighted by atomic mass is 14.5. The molecule has 1 radical (unpaired) electrons. The minimum absolute atomic E-state index is 0.581. The zero-order chi connectivity index (χ0) is 10.9. The van der Waals surface area contributed by atoms with Crippen molar-refractivity contribution >= 4 is 0 Å². The molecule has 2 saturated carbocycles. The molecule has 0 amide bonds. The molecule has 0 unspecified atom stereocenters. The Morgan fingerprint density at radius 1 is 0.667 bits per heavy atom. The van der Waals surface area contributed by atoms with Gasteiger partial charge in [0.2, 0.25) is 0 Å². The molecule has 2 aliphatic carbocycles. The lowest BCUT2D eigenvalue weighted by Gasteiger charge is -2.46. The first-order valence-corrected chi connectivity index (χ1v) is 6.91. The first-order valence-electron chi connectivity index (χ1n) is 6.91. The van der Waals surface area contributed by atoms with E-state index in [2.05, 4.69) is 20.8 Å². The topological polar surface area (TPSA) is 0 Å². The van der Waals surface area contributed by atoms with Crippen LogP contribution in [0.2, 0.25) is 0 Å². The predicted octanol–water partition coefficient (Wildman–Crippen LogP) is 5.13. The maximum atomic E-state index is 2.53. The van der Waals surface area contributed by atoms with Crippen LogP contribution >= 0.6 is 0 Å². The van der Waals surface area contributed by atoms with Gasteiger partial charge >= 0.3 is 0 Å². The van der Waals surface area contributed by atoms with Crippen molar-refractivity contribution in [3.63, 3.8) is 0 Å². The quantitative estimate of drug-likeness (QED) is 0.588. The fourth-order valence-corrected chi connectivity index (χ4v) is 3.97. The van der Waals surface area contributed by atoms with E-state index in [0.717, 1.165) is 0 Å². The van der Waals surface area contributed by atoms with E-state index in [0.29, 0.717) is 10.8 Å². The Morgan fingerprint density at radius 3 is 1.40 bits per heavy atom. The van der Waals surface area contributed by atoms with Crippen LogP contribution in [0.4, 0.5) is 0 Å². The van der Waals surface area contributed by atoms with Crippen molar-refractivity contribution < 1.29 is 0 Å². The predicted molar refractivity (Wildman–Crippen MR) is 66.7 cm³/mol. The Bertz CT molecular complexity index is 204. The molecule has 0 heterocycles. The van der Waals surface area contributed by atoms with Gasteiger partial charge in [0.25, 0.3) is 0 Å². The van der Waals surface area contributed by atoms with E-state index in [1.54, 1.807) is 0 Å². The van der Waals surface area contributed by atoms with Crippen molar-refractivity contribution in [3.05, 3.63) is 5.92 Å². The van der Waals surface area contributed by atoms with Gasteiger partial charge in [0.1, 0.15) is 0 Å². The molecule has 0 aromatic rings. The summed E-state index contributed by atoms with van der Waals surface area (Å²) in [5.74, 6) is 1.84. The average molecular weight is 207 g/mol. The summed E-state index contributed by atoms with van der Waals surface area (Å²) in [6.07, 6.45) is 13.1. The third-order valence-corrected chi connectivity index (χ3v) is 5.47. The fraction of sp³-hybridized carbons (Fsp3) is 0.933. The van der Waals surface area contributed by atoms with Crippen molar-refractivity contribution in [1.29, 1.82) is 0 Å². The molecule has 2 aliphatic rings. The molecule has 0 N–H and O–H groups in total. The molecule has 0 saturated heterocycles. The molecule has 2 rings (SSSR count). The molecule has 87 valence electrons. The van der Waals surface area contributed by atoms with Crippen molar-refractivity contribution in [2.75, 3.05) is 0 Å². The smallest absolute Gasteiger partial charge is 0.0154 e. The molecule has 0 aromatic carbocycles. The Kier molecular flexibility index (Phi) is 3.14. The zero-order valence-corrected chi connectivity index (χ0v) is 10.9. The van der Waals surface area contributed by atoms with Crippen LogP contribution in [0.15, 0.2) is 0 Å². The van der Waals surface area contributed by atoms with Gasteiger partial charge in [0.05, 0.1) is 0 Å². The molecule has 0 heteroatoms. The number of hydrogen-bond donors (Lipinski definition) is 0. The second-order valence-electron chi connectivity index (χ2n) is 6.51. The summed E-state index contributed by atoms with van der Waals surface area (Å²) in [7, 11) is 0. The Balaban J connectivity index is 2.07. The number of hydrogen-bond acceptors (Lipinski definition) is 0. The highest BCUT2D eigenvalue weighted by Gasteiger charge is 2.44. The third kappa shape index (κ3) is 2.10. The minimum atomic E-state index is 0.581. The lowest BCUT2D eigenvalue weighted by Crippen LogP contribution is -2.36. The van der Waals surface area contributed by atoms with Crippen LogP contribution in [0, 0.1) is 16.7 Å². The van der Waals surface area contributed by atoms with Crippen LogP contribution in [0.1, 0.15) is 78.6 Å². The highest BCUT2D eigenvalue weighted by Crippen LogP contribution is 2.56. The Labute approximate surface area is 95.8 Å². The van der Waals surface area contributed by atoms with E-state index in [1.165, 1.54) is 57.8 Å². The van der Waals surface area contributed by atoms with Crippen molar-refractivity contribution in [2.45, 2.75) is 78.6 Å². The molecule has 0 spiro atoms. The lowest BCUT2D eigenvalue weighted by molar-refractivity contribution is 0.158. The molecule has 2 fully saturated rings. The van der Waals surface area contributed by atoms with Crippen LogP contribution in [-0.2, 0) is 0 Å². The van der Waals surface area contributed by atoms with Crippen LogP contribution in [0.5, 0.6) is 0 Å². The lowest BCUT2D eigenvalue weighted by atomic mass is 9.58. The highest BCUT2D eigenvalue weighted by molar-refractivity contribution is 5.13. The third-order valence-electron chi connectivity index (χ3n) is 5.47. The summed E-state index contributed by atoms with van der Waals surface area (Å²) in [6.45, 7) is 7.52. The van der Waals surface area contributed by atoms with E-state index in [9.17, 15) is 0 Å². The van der Waals surface area contributed by atoms with E-state index >= 15 is 0 Å². The number of rotatable bonds is 2.